The van der Waals surface area contributed by atoms with Gasteiger partial charge in [0.1, 0.15) is 9.88 Å². The zero-order valence-corrected chi connectivity index (χ0v) is 15.3. The Hall–Kier alpha value is -3.45. The molecule has 0 aliphatic carbocycles. The molecular formula is C20H18N4O2S. The summed E-state index contributed by atoms with van der Waals surface area (Å²) < 4.78 is 0. The number of aromatic nitrogens is 1. The lowest BCUT2D eigenvalue weighted by Crippen LogP contribution is -2.28. The zero-order chi connectivity index (χ0) is 19.1. The molecule has 2 aromatic carbocycles. The molecule has 0 bridgehead atoms. The number of anilines is 2. The average molecular weight is 378 g/mol. The summed E-state index contributed by atoms with van der Waals surface area (Å²) in [5.74, 6) is -0.223. The van der Waals surface area contributed by atoms with Gasteiger partial charge in [0.25, 0.3) is 5.91 Å². The predicted octanol–water partition coefficient (Wildman–Crippen LogP) is 4.37. The van der Waals surface area contributed by atoms with Crippen molar-refractivity contribution in [1.82, 2.24) is 10.3 Å². The van der Waals surface area contributed by atoms with Gasteiger partial charge in [-0.25, -0.2) is 9.78 Å². The van der Waals surface area contributed by atoms with Crippen LogP contribution in [0.1, 0.15) is 9.67 Å². The summed E-state index contributed by atoms with van der Waals surface area (Å²) in [4.78, 5) is 28.8. The molecule has 0 atom stereocenters. The summed E-state index contributed by atoms with van der Waals surface area (Å²) in [5.41, 5.74) is 2.23. The highest BCUT2D eigenvalue weighted by Crippen LogP contribution is 2.25. The molecule has 0 saturated heterocycles. The minimum Gasteiger partial charge on any atom is -0.334 e. The summed E-state index contributed by atoms with van der Waals surface area (Å²) in [6, 6.07) is 16.3. The van der Waals surface area contributed by atoms with Crippen molar-refractivity contribution >= 4 is 34.6 Å². The van der Waals surface area contributed by atoms with E-state index in [1.54, 1.807) is 36.5 Å². The number of thiazole rings is 1. The number of nitrogens with one attached hydrogen (secondary N) is 3. The lowest BCUT2D eigenvalue weighted by molar-refractivity contribution is 0.103. The van der Waals surface area contributed by atoms with Gasteiger partial charge in [-0.15, -0.1) is 17.9 Å². The molecule has 0 spiro atoms. The summed E-state index contributed by atoms with van der Waals surface area (Å²) in [5, 5.41) is 8.94. The van der Waals surface area contributed by atoms with E-state index in [1.165, 1.54) is 11.3 Å². The highest BCUT2D eigenvalue weighted by atomic mass is 32.1. The molecule has 0 radical (unpaired) electrons. The number of urea groups is 1. The molecule has 1 aromatic heterocycles. The maximum absolute atomic E-state index is 12.4. The Morgan fingerprint density at radius 2 is 1.67 bits per heavy atom. The molecule has 0 unspecified atom stereocenters. The number of carbonyl (C=O) groups is 2. The van der Waals surface area contributed by atoms with Crippen LogP contribution in [0.25, 0.3) is 10.6 Å². The Balaban J connectivity index is 1.60. The van der Waals surface area contributed by atoms with Gasteiger partial charge in [-0.1, -0.05) is 36.4 Å². The molecule has 6 nitrogen and oxygen atoms in total. The smallest absolute Gasteiger partial charge is 0.319 e. The van der Waals surface area contributed by atoms with Crippen LogP contribution in [0.2, 0.25) is 0 Å². The van der Waals surface area contributed by atoms with Gasteiger partial charge in [0.2, 0.25) is 0 Å². The van der Waals surface area contributed by atoms with Crippen LogP contribution in [-0.4, -0.2) is 23.5 Å². The second-order valence-electron chi connectivity index (χ2n) is 5.55. The van der Waals surface area contributed by atoms with Crippen LogP contribution in [0.5, 0.6) is 0 Å². The molecule has 3 N–H and O–H groups in total. The lowest BCUT2D eigenvalue weighted by Gasteiger charge is -2.07. The maximum atomic E-state index is 12.4. The molecule has 1 heterocycles. The van der Waals surface area contributed by atoms with E-state index in [2.05, 4.69) is 27.5 Å². The first kappa shape index (κ1) is 18.3. The summed E-state index contributed by atoms with van der Waals surface area (Å²) in [6.07, 6.45) is 3.17. The predicted molar refractivity (Wildman–Crippen MR) is 109 cm³/mol. The van der Waals surface area contributed by atoms with E-state index < -0.39 is 0 Å². The quantitative estimate of drug-likeness (QED) is 0.557. The monoisotopic (exact) mass is 378 g/mol. The van der Waals surface area contributed by atoms with Crippen molar-refractivity contribution in [2.75, 3.05) is 17.2 Å². The molecule has 0 aliphatic heterocycles. The Bertz CT molecular complexity index is 936. The van der Waals surface area contributed by atoms with Crippen LogP contribution >= 0.6 is 11.3 Å². The van der Waals surface area contributed by atoms with E-state index in [-0.39, 0.29) is 11.9 Å². The number of benzene rings is 2. The third-order valence-corrected chi connectivity index (χ3v) is 4.60. The minimum atomic E-state index is -0.315. The lowest BCUT2D eigenvalue weighted by atomic mass is 10.2. The van der Waals surface area contributed by atoms with Gasteiger partial charge in [0.15, 0.2) is 0 Å². The Morgan fingerprint density at radius 3 is 2.33 bits per heavy atom. The molecule has 3 rings (SSSR count). The normalized spacial score (nSPS) is 10.1. The molecule has 7 heteroatoms. The first-order valence-electron chi connectivity index (χ1n) is 8.24. The van der Waals surface area contributed by atoms with Crippen molar-refractivity contribution in [1.29, 1.82) is 0 Å². The fourth-order valence-corrected chi connectivity index (χ4v) is 3.08. The van der Waals surface area contributed by atoms with E-state index >= 15 is 0 Å². The fraction of sp³-hybridized carbons (Fsp3) is 0.0500. The van der Waals surface area contributed by atoms with Gasteiger partial charge in [0, 0.05) is 23.5 Å². The van der Waals surface area contributed by atoms with E-state index in [1.807, 2.05) is 30.3 Å². The second kappa shape index (κ2) is 8.77. The van der Waals surface area contributed by atoms with Gasteiger partial charge < -0.3 is 16.0 Å². The topological polar surface area (TPSA) is 83.1 Å². The standard InChI is InChI=1S/C20H18N4O2S/c1-2-12-21-20(26)24-16-10-8-15(9-11-16)23-18(25)17-13-22-19(27-17)14-6-4-3-5-7-14/h2-11,13H,1,12H2,(H,23,25)(H2,21,24,26). The van der Waals surface area contributed by atoms with Gasteiger partial charge in [-0.2, -0.15) is 0 Å². The van der Waals surface area contributed by atoms with Crippen molar-refractivity contribution in [2.24, 2.45) is 0 Å². The first-order chi connectivity index (χ1) is 13.2. The highest BCUT2D eigenvalue weighted by Gasteiger charge is 2.12. The van der Waals surface area contributed by atoms with Crippen molar-refractivity contribution in [3.63, 3.8) is 0 Å². The summed E-state index contributed by atoms with van der Waals surface area (Å²) in [7, 11) is 0. The maximum Gasteiger partial charge on any atom is 0.319 e. The number of hydrogen-bond acceptors (Lipinski definition) is 4. The van der Waals surface area contributed by atoms with Crippen molar-refractivity contribution in [3.05, 3.63) is 78.3 Å². The van der Waals surface area contributed by atoms with Crippen LogP contribution < -0.4 is 16.0 Å². The van der Waals surface area contributed by atoms with Crippen LogP contribution in [0.3, 0.4) is 0 Å². The van der Waals surface area contributed by atoms with Crippen LogP contribution in [0.15, 0.2) is 73.4 Å². The first-order valence-corrected chi connectivity index (χ1v) is 9.06. The summed E-state index contributed by atoms with van der Waals surface area (Å²) in [6.45, 7) is 3.92. The van der Waals surface area contributed by atoms with E-state index in [0.717, 1.165) is 10.6 Å². The average Bonchev–Trinajstić information content (AvgIpc) is 3.19. The molecule has 3 amide bonds. The summed E-state index contributed by atoms with van der Waals surface area (Å²) >= 11 is 1.34. The number of amides is 3. The highest BCUT2D eigenvalue weighted by molar-refractivity contribution is 7.17. The number of rotatable bonds is 6. The second-order valence-corrected chi connectivity index (χ2v) is 6.58. The number of carbonyl (C=O) groups excluding carboxylic acids is 2. The van der Waals surface area contributed by atoms with Crippen LogP contribution in [0, 0.1) is 0 Å². The van der Waals surface area contributed by atoms with Crippen molar-refractivity contribution in [3.8, 4) is 10.6 Å². The van der Waals surface area contributed by atoms with Gasteiger partial charge in [-0.05, 0) is 24.3 Å². The third-order valence-electron chi connectivity index (χ3n) is 3.56. The molecule has 0 fully saturated rings. The fourth-order valence-electron chi connectivity index (χ4n) is 2.26. The van der Waals surface area contributed by atoms with E-state index in [9.17, 15) is 9.59 Å². The van der Waals surface area contributed by atoms with Crippen molar-refractivity contribution < 1.29 is 9.59 Å². The molecule has 136 valence electrons. The zero-order valence-electron chi connectivity index (χ0n) is 14.4. The Kier molecular flexibility index (Phi) is 5.96. The molecule has 0 saturated carbocycles. The van der Waals surface area contributed by atoms with E-state index in [4.69, 9.17) is 0 Å². The van der Waals surface area contributed by atoms with Crippen molar-refractivity contribution in [2.45, 2.75) is 0 Å². The van der Waals surface area contributed by atoms with Crippen LogP contribution in [0.4, 0.5) is 16.2 Å². The minimum absolute atomic E-state index is 0.223. The van der Waals surface area contributed by atoms with E-state index in [0.29, 0.717) is 22.8 Å². The molecule has 0 aliphatic rings. The number of nitrogens with zero attached hydrogens (tertiary/aromatic N) is 1. The third kappa shape index (κ3) is 5.02. The Labute approximate surface area is 161 Å². The molecular weight excluding hydrogens is 360 g/mol. The SMILES string of the molecule is C=CCNC(=O)Nc1ccc(NC(=O)c2cnc(-c3ccccc3)s2)cc1. The van der Waals surface area contributed by atoms with Crippen LogP contribution in [-0.2, 0) is 0 Å². The number of hydrogen-bond donors (Lipinski definition) is 3. The molecule has 3 aromatic rings. The molecule has 27 heavy (non-hydrogen) atoms. The van der Waals surface area contributed by atoms with Gasteiger partial charge in [0.05, 0.1) is 6.20 Å². The Morgan fingerprint density at radius 1 is 1.00 bits per heavy atom. The largest absolute Gasteiger partial charge is 0.334 e. The van der Waals surface area contributed by atoms with Gasteiger partial charge in [-0.3, -0.25) is 4.79 Å². The van der Waals surface area contributed by atoms with Gasteiger partial charge >= 0.3 is 6.03 Å².